The fourth-order valence-electron chi connectivity index (χ4n) is 1.92. The van der Waals surface area contributed by atoms with E-state index < -0.39 is 0 Å². The van der Waals surface area contributed by atoms with Crippen molar-refractivity contribution < 1.29 is 4.79 Å². The standard InChI is InChI=1S/C15H22O/c1-11-7-5-6-8-13(3)15(14(4)16)10-9-12(11)2/h5,7-12,15H,6H2,1-4H3/b7-5-,10-9+,13-8-. The molecule has 0 bridgehead atoms. The predicted octanol–water partition coefficient (Wildman–Crippen LogP) is 3.93. The number of ketones is 1. The fraction of sp³-hybridized carbons (Fsp3) is 0.533. The second kappa shape index (κ2) is 5.83. The maximum Gasteiger partial charge on any atom is 0.140 e. The van der Waals surface area contributed by atoms with E-state index in [1.165, 1.54) is 0 Å². The minimum absolute atomic E-state index is 0.0267. The van der Waals surface area contributed by atoms with Gasteiger partial charge in [-0.05, 0) is 32.1 Å². The molecule has 1 rings (SSSR count). The average molecular weight is 218 g/mol. The van der Waals surface area contributed by atoms with Crippen molar-refractivity contribution in [3.8, 4) is 0 Å². The zero-order chi connectivity index (χ0) is 12.1. The Morgan fingerprint density at radius 3 is 2.44 bits per heavy atom. The van der Waals surface area contributed by atoms with Gasteiger partial charge in [-0.3, -0.25) is 4.79 Å². The summed E-state index contributed by atoms with van der Waals surface area (Å²) in [6.07, 6.45) is 11.8. The second-order valence-electron chi connectivity index (χ2n) is 4.80. The van der Waals surface area contributed by atoms with Gasteiger partial charge in [0.05, 0.1) is 5.92 Å². The smallest absolute Gasteiger partial charge is 0.140 e. The molecule has 1 aliphatic carbocycles. The van der Waals surface area contributed by atoms with Crippen molar-refractivity contribution in [1.29, 1.82) is 0 Å². The summed E-state index contributed by atoms with van der Waals surface area (Å²) in [5.41, 5.74) is 1.16. The van der Waals surface area contributed by atoms with Gasteiger partial charge in [0, 0.05) is 0 Å². The number of hydrogen-bond donors (Lipinski definition) is 0. The molecule has 0 heterocycles. The van der Waals surface area contributed by atoms with Gasteiger partial charge in [-0.2, -0.15) is 0 Å². The molecule has 0 N–H and O–H groups in total. The zero-order valence-corrected chi connectivity index (χ0v) is 10.7. The molecule has 0 amide bonds. The Balaban J connectivity index is 2.98. The van der Waals surface area contributed by atoms with Crippen LogP contribution >= 0.6 is 0 Å². The largest absolute Gasteiger partial charge is 0.299 e. The highest BCUT2D eigenvalue weighted by Gasteiger charge is 2.14. The molecule has 1 aliphatic rings. The molecule has 0 aromatic heterocycles. The van der Waals surface area contributed by atoms with Gasteiger partial charge in [0.1, 0.15) is 5.78 Å². The highest BCUT2D eigenvalue weighted by molar-refractivity contribution is 5.83. The number of Topliss-reactive ketones (excluding diaryl/α,β-unsaturated/α-hetero) is 1. The van der Waals surface area contributed by atoms with Crippen LogP contribution in [0.2, 0.25) is 0 Å². The summed E-state index contributed by atoms with van der Waals surface area (Å²) >= 11 is 0. The molecule has 0 aromatic rings. The van der Waals surface area contributed by atoms with Gasteiger partial charge in [0.15, 0.2) is 0 Å². The van der Waals surface area contributed by atoms with Crippen LogP contribution in [0.3, 0.4) is 0 Å². The molecule has 0 saturated heterocycles. The van der Waals surface area contributed by atoms with Gasteiger partial charge in [-0.15, -0.1) is 0 Å². The van der Waals surface area contributed by atoms with E-state index in [9.17, 15) is 4.79 Å². The van der Waals surface area contributed by atoms with Crippen molar-refractivity contribution in [2.45, 2.75) is 34.1 Å². The molecule has 0 radical (unpaired) electrons. The van der Waals surface area contributed by atoms with E-state index in [0.29, 0.717) is 11.8 Å². The lowest BCUT2D eigenvalue weighted by Crippen LogP contribution is -2.11. The zero-order valence-electron chi connectivity index (χ0n) is 10.7. The maximum absolute atomic E-state index is 11.6. The quantitative estimate of drug-likeness (QED) is 0.609. The average Bonchev–Trinajstić information content (AvgIpc) is 2.22. The molecular formula is C15H22O. The molecule has 0 aliphatic heterocycles. The van der Waals surface area contributed by atoms with Crippen molar-refractivity contribution in [3.63, 3.8) is 0 Å². The van der Waals surface area contributed by atoms with Crippen LogP contribution in [-0.2, 0) is 4.79 Å². The van der Waals surface area contributed by atoms with Gasteiger partial charge >= 0.3 is 0 Å². The topological polar surface area (TPSA) is 17.1 Å². The monoisotopic (exact) mass is 218 g/mol. The summed E-state index contributed by atoms with van der Waals surface area (Å²) in [6, 6.07) is 0. The lowest BCUT2D eigenvalue weighted by atomic mass is 9.89. The first-order chi connectivity index (χ1) is 7.52. The summed E-state index contributed by atoms with van der Waals surface area (Å²) in [4.78, 5) is 11.6. The fourth-order valence-corrected chi connectivity index (χ4v) is 1.92. The van der Waals surface area contributed by atoms with Crippen LogP contribution in [-0.4, -0.2) is 5.78 Å². The minimum Gasteiger partial charge on any atom is -0.299 e. The van der Waals surface area contributed by atoms with Gasteiger partial charge in [-0.1, -0.05) is 49.8 Å². The third-order valence-corrected chi connectivity index (χ3v) is 3.38. The summed E-state index contributed by atoms with van der Waals surface area (Å²) in [5, 5.41) is 0. The number of carbonyl (C=O) groups is 1. The molecule has 1 heteroatoms. The first-order valence-corrected chi connectivity index (χ1v) is 6.04. The van der Waals surface area contributed by atoms with Crippen LogP contribution in [0.1, 0.15) is 34.1 Å². The first-order valence-electron chi connectivity index (χ1n) is 6.04. The Labute approximate surface area is 98.9 Å². The SMILES string of the molecule is CC(=O)C1/C=C/C(C)C(C)/C=C\C/C=C\1C. The molecule has 0 aromatic carbocycles. The Kier molecular flexibility index (Phi) is 4.72. The number of rotatable bonds is 1. The van der Waals surface area contributed by atoms with Crippen molar-refractivity contribution in [1.82, 2.24) is 0 Å². The van der Waals surface area contributed by atoms with Gasteiger partial charge in [0.2, 0.25) is 0 Å². The van der Waals surface area contributed by atoms with Gasteiger partial charge < -0.3 is 0 Å². The summed E-state index contributed by atoms with van der Waals surface area (Å²) in [5.74, 6) is 1.23. The van der Waals surface area contributed by atoms with E-state index >= 15 is 0 Å². The van der Waals surface area contributed by atoms with E-state index in [0.717, 1.165) is 12.0 Å². The minimum atomic E-state index is -0.0267. The molecule has 88 valence electrons. The summed E-state index contributed by atoms with van der Waals surface area (Å²) < 4.78 is 0. The summed E-state index contributed by atoms with van der Waals surface area (Å²) in [7, 11) is 0. The second-order valence-corrected chi connectivity index (χ2v) is 4.80. The molecule has 1 nitrogen and oxygen atoms in total. The normalized spacial score (nSPS) is 38.2. The molecule has 3 atom stereocenters. The molecule has 0 saturated carbocycles. The number of allylic oxidation sites excluding steroid dienone is 6. The van der Waals surface area contributed by atoms with Crippen molar-refractivity contribution in [3.05, 3.63) is 36.0 Å². The van der Waals surface area contributed by atoms with Crippen molar-refractivity contribution in [2.24, 2.45) is 17.8 Å². The van der Waals surface area contributed by atoms with Crippen LogP contribution in [0.25, 0.3) is 0 Å². The molecule has 3 unspecified atom stereocenters. The number of hydrogen-bond acceptors (Lipinski definition) is 1. The predicted molar refractivity (Wildman–Crippen MR) is 69.2 cm³/mol. The van der Waals surface area contributed by atoms with Crippen LogP contribution in [0.4, 0.5) is 0 Å². The molecular weight excluding hydrogens is 196 g/mol. The Hall–Kier alpha value is -1.11. The van der Waals surface area contributed by atoms with Crippen LogP contribution in [0.5, 0.6) is 0 Å². The molecule has 0 spiro atoms. The van der Waals surface area contributed by atoms with E-state index in [1.54, 1.807) is 6.92 Å². The van der Waals surface area contributed by atoms with Crippen molar-refractivity contribution in [2.75, 3.05) is 0 Å². The third-order valence-electron chi connectivity index (χ3n) is 3.38. The maximum atomic E-state index is 11.6. The van der Waals surface area contributed by atoms with Crippen LogP contribution in [0, 0.1) is 17.8 Å². The van der Waals surface area contributed by atoms with Crippen LogP contribution < -0.4 is 0 Å². The Morgan fingerprint density at radius 2 is 1.81 bits per heavy atom. The van der Waals surface area contributed by atoms with E-state index in [-0.39, 0.29) is 11.7 Å². The van der Waals surface area contributed by atoms with E-state index in [1.807, 2.05) is 6.92 Å². The Bertz CT molecular complexity index is 333. The number of carbonyl (C=O) groups excluding carboxylic acids is 1. The lowest BCUT2D eigenvalue weighted by Gasteiger charge is -2.16. The van der Waals surface area contributed by atoms with Crippen molar-refractivity contribution >= 4 is 5.78 Å². The highest BCUT2D eigenvalue weighted by Crippen LogP contribution is 2.21. The highest BCUT2D eigenvalue weighted by atomic mass is 16.1. The van der Waals surface area contributed by atoms with E-state index in [2.05, 4.69) is 44.2 Å². The van der Waals surface area contributed by atoms with Crippen LogP contribution in [0.15, 0.2) is 36.0 Å². The lowest BCUT2D eigenvalue weighted by molar-refractivity contribution is -0.118. The van der Waals surface area contributed by atoms with Gasteiger partial charge in [-0.25, -0.2) is 0 Å². The van der Waals surface area contributed by atoms with E-state index in [4.69, 9.17) is 0 Å². The summed E-state index contributed by atoms with van der Waals surface area (Å²) in [6.45, 7) is 8.12. The first kappa shape index (κ1) is 13.0. The van der Waals surface area contributed by atoms with Gasteiger partial charge in [0.25, 0.3) is 0 Å². The Morgan fingerprint density at radius 1 is 1.19 bits per heavy atom. The molecule has 16 heavy (non-hydrogen) atoms. The third kappa shape index (κ3) is 3.48. The molecule has 0 fully saturated rings.